The Bertz CT molecular complexity index is 592. The molecule has 0 saturated heterocycles. The van der Waals surface area contributed by atoms with Crippen molar-refractivity contribution < 1.29 is 5.11 Å². The number of nitriles is 1. The molecule has 0 saturated carbocycles. The lowest BCUT2D eigenvalue weighted by atomic mass is 9.93. The average molecular weight is 212 g/mol. The summed E-state index contributed by atoms with van der Waals surface area (Å²) < 4.78 is 0. The van der Waals surface area contributed by atoms with E-state index in [1.165, 1.54) is 11.3 Å². The van der Waals surface area contributed by atoms with E-state index < -0.39 is 0 Å². The Morgan fingerprint density at radius 1 is 1.44 bits per heavy atom. The molecule has 16 heavy (non-hydrogen) atoms. The SMILES string of the molecule is N#Cc1ccc2[nH]c3c(c2c1)C[C@@H](O)CC3. The van der Waals surface area contributed by atoms with Gasteiger partial charge in [-0.15, -0.1) is 0 Å². The first-order valence-corrected chi connectivity index (χ1v) is 5.49. The molecule has 0 aliphatic heterocycles. The number of aromatic nitrogens is 1. The lowest BCUT2D eigenvalue weighted by Crippen LogP contribution is -2.17. The van der Waals surface area contributed by atoms with Crippen molar-refractivity contribution in [3.8, 4) is 6.07 Å². The number of H-pyrrole nitrogens is 1. The molecule has 0 amide bonds. The van der Waals surface area contributed by atoms with Crippen LogP contribution in [0.1, 0.15) is 23.2 Å². The zero-order valence-electron chi connectivity index (χ0n) is 8.83. The van der Waals surface area contributed by atoms with Crippen LogP contribution in [0.4, 0.5) is 0 Å². The normalized spacial score (nSPS) is 19.4. The second-order valence-corrected chi connectivity index (χ2v) is 4.35. The van der Waals surface area contributed by atoms with Gasteiger partial charge in [-0.2, -0.15) is 5.26 Å². The Morgan fingerprint density at radius 2 is 2.31 bits per heavy atom. The van der Waals surface area contributed by atoms with Gasteiger partial charge >= 0.3 is 0 Å². The number of fused-ring (bicyclic) bond motifs is 3. The first-order chi connectivity index (χ1) is 7.78. The van der Waals surface area contributed by atoms with Crippen molar-refractivity contribution >= 4 is 10.9 Å². The summed E-state index contributed by atoms with van der Waals surface area (Å²) >= 11 is 0. The van der Waals surface area contributed by atoms with Gasteiger partial charge in [0.2, 0.25) is 0 Å². The predicted octanol–water partition coefficient (Wildman–Crippen LogP) is 1.89. The van der Waals surface area contributed by atoms with E-state index in [1.54, 1.807) is 0 Å². The number of hydrogen-bond donors (Lipinski definition) is 2. The Balaban J connectivity index is 2.25. The van der Waals surface area contributed by atoms with Gasteiger partial charge in [-0.25, -0.2) is 0 Å². The molecule has 0 radical (unpaired) electrons. The molecule has 1 aliphatic carbocycles. The minimum Gasteiger partial charge on any atom is -0.393 e. The summed E-state index contributed by atoms with van der Waals surface area (Å²) in [5.41, 5.74) is 4.15. The number of aryl methyl sites for hydroxylation is 1. The maximum Gasteiger partial charge on any atom is 0.0991 e. The summed E-state index contributed by atoms with van der Waals surface area (Å²) in [6.45, 7) is 0. The molecule has 2 aromatic rings. The molecule has 1 aromatic heterocycles. The lowest BCUT2D eigenvalue weighted by molar-refractivity contribution is 0.158. The van der Waals surface area contributed by atoms with Crippen molar-refractivity contribution in [3.63, 3.8) is 0 Å². The molecule has 0 fully saturated rings. The van der Waals surface area contributed by atoms with Crippen LogP contribution in [0.25, 0.3) is 10.9 Å². The lowest BCUT2D eigenvalue weighted by Gasteiger charge is -2.17. The third-order valence-electron chi connectivity index (χ3n) is 3.29. The van der Waals surface area contributed by atoms with E-state index >= 15 is 0 Å². The van der Waals surface area contributed by atoms with Crippen LogP contribution in [0.2, 0.25) is 0 Å². The predicted molar refractivity (Wildman–Crippen MR) is 61.0 cm³/mol. The molecule has 3 rings (SSSR count). The maximum atomic E-state index is 9.68. The third kappa shape index (κ3) is 1.31. The fourth-order valence-electron chi connectivity index (χ4n) is 2.47. The topological polar surface area (TPSA) is 59.8 Å². The van der Waals surface area contributed by atoms with Crippen molar-refractivity contribution in [2.45, 2.75) is 25.4 Å². The van der Waals surface area contributed by atoms with Crippen molar-refractivity contribution in [3.05, 3.63) is 35.0 Å². The number of hydrogen-bond acceptors (Lipinski definition) is 2. The fraction of sp³-hybridized carbons (Fsp3) is 0.308. The largest absolute Gasteiger partial charge is 0.393 e. The van der Waals surface area contributed by atoms with Crippen LogP contribution in [0.15, 0.2) is 18.2 Å². The zero-order chi connectivity index (χ0) is 11.1. The van der Waals surface area contributed by atoms with E-state index in [-0.39, 0.29) is 6.10 Å². The van der Waals surface area contributed by atoms with Gasteiger partial charge in [-0.1, -0.05) is 0 Å². The first-order valence-electron chi connectivity index (χ1n) is 5.49. The number of nitrogens with zero attached hydrogens (tertiary/aromatic N) is 1. The van der Waals surface area contributed by atoms with Crippen LogP contribution in [-0.4, -0.2) is 16.2 Å². The molecule has 2 N–H and O–H groups in total. The van der Waals surface area contributed by atoms with Crippen molar-refractivity contribution in [1.82, 2.24) is 4.98 Å². The fourth-order valence-corrected chi connectivity index (χ4v) is 2.47. The van der Waals surface area contributed by atoms with Crippen molar-refractivity contribution in [2.75, 3.05) is 0 Å². The van der Waals surface area contributed by atoms with Crippen molar-refractivity contribution in [1.29, 1.82) is 5.26 Å². The van der Waals surface area contributed by atoms with Crippen LogP contribution in [-0.2, 0) is 12.8 Å². The number of aromatic amines is 1. The van der Waals surface area contributed by atoms with E-state index in [2.05, 4.69) is 11.1 Å². The summed E-state index contributed by atoms with van der Waals surface area (Å²) in [5, 5.41) is 19.7. The molecule has 3 nitrogen and oxygen atoms in total. The van der Waals surface area contributed by atoms with Crippen LogP contribution < -0.4 is 0 Å². The number of nitrogens with one attached hydrogen (secondary N) is 1. The van der Waals surface area contributed by atoms with Gasteiger partial charge in [0, 0.05) is 23.0 Å². The first kappa shape index (κ1) is 9.44. The highest BCUT2D eigenvalue weighted by Gasteiger charge is 2.20. The quantitative estimate of drug-likeness (QED) is 0.700. The summed E-state index contributed by atoms with van der Waals surface area (Å²) in [4.78, 5) is 3.37. The Labute approximate surface area is 93.3 Å². The Morgan fingerprint density at radius 3 is 3.12 bits per heavy atom. The molecule has 80 valence electrons. The smallest absolute Gasteiger partial charge is 0.0991 e. The highest BCUT2D eigenvalue weighted by atomic mass is 16.3. The standard InChI is InChI=1S/C13H12N2O/c14-7-8-1-3-12-10(5-8)11-6-9(16)2-4-13(11)15-12/h1,3,5,9,15-16H,2,4,6H2/t9-/m0/s1. The van der Waals surface area contributed by atoms with E-state index in [0.717, 1.165) is 23.7 Å². The van der Waals surface area contributed by atoms with Gasteiger partial charge < -0.3 is 10.1 Å². The Hall–Kier alpha value is -1.79. The van der Waals surface area contributed by atoms with E-state index in [1.807, 2.05) is 18.2 Å². The van der Waals surface area contributed by atoms with Crippen LogP contribution in [0.3, 0.4) is 0 Å². The molecule has 1 aliphatic rings. The van der Waals surface area contributed by atoms with E-state index in [4.69, 9.17) is 5.26 Å². The van der Waals surface area contributed by atoms with Gasteiger partial charge in [0.15, 0.2) is 0 Å². The zero-order valence-corrected chi connectivity index (χ0v) is 8.83. The summed E-state index contributed by atoms with van der Waals surface area (Å²) in [6.07, 6.45) is 2.18. The number of rotatable bonds is 0. The molecular weight excluding hydrogens is 200 g/mol. The van der Waals surface area contributed by atoms with Gasteiger partial charge in [-0.05, 0) is 36.6 Å². The average Bonchev–Trinajstić information content (AvgIpc) is 2.66. The van der Waals surface area contributed by atoms with Gasteiger partial charge in [0.25, 0.3) is 0 Å². The minimum atomic E-state index is -0.239. The van der Waals surface area contributed by atoms with Crippen molar-refractivity contribution in [2.24, 2.45) is 0 Å². The molecule has 0 unspecified atom stereocenters. The number of aliphatic hydroxyl groups is 1. The van der Waals surface area contributed by atoms with Crippen LogP contribution in [0.5, 0.6) is 0 Å². The summed E-state index contributed by atoms with van der Waals surface area (Å²) in [6, 6.07) is 7.82. The highest BCUT2D eigenvalue weighted by Crippen LogP contribution is 2.29. The second-order valence-electron chi connectivity index (χ2n) is 4.35. The van der Waals surface area contributed by atoms with Gasteiger partial charge in [-0.3, -0.25) is 0 Å². The Kier molecular flexibility index (Phi) is 1.98. The number of benzene rings is 1. The molecule has 1 atom stereocenters. The molecule has 1 heterocycles. The van der Waals surface area contributed by atoms with Gasteiger partial charge in [0.1, 0.15) is 0 Å². The highest BCUT2D eigenvalue weighted by molar-refractivity contribution is 5.86. The number of aliphatic hydroxyl groups excluding tert-OH is 1. The molecule has 0 spiro atoms. The van der Waals surface area contributed by atoms with E-state index in [0.29, 0.717) is 12.0 Å². The van der Waals surface area contributed by atoms with Crippen LogP contribution >= 0.6 is 0 Å². The second kappa shape index (κ2) is 3.36. The molecule has 3 heteroatoms. The van der Waals surface area contributed by atoms with E-state index in [9.17, 15) is 5.11 Å². The minimum absolute atomic E-state index is 0.239. The van der Waals surface area contributed by atoms with Gasteiger partial charge in [0.05, 0.1) is 17.7 Å². The summed E-state index contributed by atoms with van der Waals surface area (Å²) in [7, 11) is 0. The monoisotopic (exact) mass is 212 g/mol. The molecule has 1 aromatic carbocycles. The maximum absolute atomic E-state index is 9.68. The molecular formula is C13H12N2O. The van der Waals surface area contributed by atoms with Crippen LogP contribution in [0, 0.1) is 11.3 Å². The molecule has 0 bridgehead atoms. The summed E-state index contributed by atoms with van der Waals surface area (Å²) in [5.74, 6) is 0. The third-order valence-corrected chi connectivity index (χ3v) is 3.29.